The number of anilines is 1. The van der Waals surface area contributed by atoms with Crippen LogP contribution in [0.25, 0.3) is 0 Å². The van der Waals surface area contributed by atoms with E-state index in [0.29, 0.717) is 11.4 Å². The van der Waals surface area contributed by atoms with Gasteiger partial charge in [-0.05, 0) is 19.1 Å². The molecule has 98 valence electrons. The lowest BCUT2D eigenvalue weighted by atomic mass is 10.3. The van der Waals surface area contributed by atoms with Crippen LogP contribution < -0.4 is 10.5 Å². The Kier molecular flexibility index (Phi) is 3.52. The number of hydrogen-bond donors (Lipinski definition) is 1. The van der Waals surface area contributed by atoms with E-state index in [1.165, 1.54) is 24.3 Å². The van der Waals surface area contributed by atoms with Crippen LogP contribution in [-0.4, -0.2) is 9.91 Å². The molecule has 0 fully saturated rings. The number of hydrogen-bond acceptors (Lipinski definition) is 5. The predicted molar refractivity (Wildman–Crippen MR) is 71.6 cm³/mol. The van der Waals surface area contributed by atoms with Crippen LogP contribution in [-0.2, 0) is 0 Å². The van der Waals surface area contributed by atoms with Crippen LogP contribution in [0.1, 0.15) is 5.69 Å². The number of ether oxygens (including phenoxy) is 1. The fourth-order valence-corrected chi connectivity index (χ4v) is 1.66. The third-order valence-electron chi connectivity index (χ3n) is 2.45. The van der Waals surface area contributed by atoms with Crippen molar-refractivity contribution in [3.63, 3.8) is 0 Å². The van der Waals surface area contributed by atoms with E-state index in [9.17, 15) is 10.1 Å². The molecule has 2 N–H and O–H groups in total. The van der Waals surface area contributed by atoms with Crippen molar-refractivity contribution in [1.29, 1.82) is 0 Å². The van der Waals surface area contributed by atoms with Crippen molar-refractivity contribution in [3.05, 3.63) is 51.2 Å². The first-order valence-corrected chi connectivity index (χ1v) is 5.70. The van der Waals surface area contributed by atoms with Gasteiger partial charge in [0.1, 0.15) is 0 Å². The fourth-order valence-electron chi connectivity index (χ4n) is 1.45. The van der Waals surface area contributed by atoms with E-state index < -0.39 is 4.92 Å². The predicted octanol–water partition coefficient (Wildman–Crippen LogP) is 3.33. The number of aromatic nitrogens is 1. The molecule has 0 amide bonds. The average Bonchev–Trinajstić information content (AvgIpc) is 2.36. The first-order chi connectivity index (χ1) is 8.99. The molecule has 19 heavy (non-hydrogen) atoms. The summed E-state index contributed by atoms with van der Waals surface area (Å²) in [4.78, 5) is 14.4. The Labute approximate surface area is 113 Å². The van der Waals surface area contributed by atoms with E-state index in [2.05, 4.69) is 4.98 Å². The van der Waals surface area contributed by atoms with Crippen molar-refractivity contribution in [2.45, 2.75) is 6.92 Å². The van der Waals surface area contributed by atoms with Crippen LogP contribution in [0, 0.1) is 17.0 Å². The smallest absolute Gasteiger partial charge is 0.313 e. The van der Waals surface area contributed by atoms with Gasteiger partial charge < -0.3 is 10.5 Å². The quantitative estimate of drug-likeness (QED) is 0.687. The molecule has 0 saturated heterocycles. The summed E-state index contributed by atoms with van der Waals surface area (Å²) in [6.45, 7) is 1.71. The molecule has 2 rings (SSSR count). The second kappa shape index (κ2) is 5.11. The second-order valence-corrected chi connectivity index (χ2v) is 4.18. The minimum Gasteiger partial charge on any atom is -0.430 e. The Bertz CT molecular complexity index is 646. The van der Waals surface area contributed by atoms with Gasteiger partial charge in [0.15, 0.2) is 0 Å². The molecular formula is C12H10ClN3O3. The van der Waals surface area contributed by atoms with Gasteiger partial charge in [-0.15, -0.1) is 0 Å². The minimum atomic E-state index is -0.564. The van der Waals surface area contributed by atoms with Crippen molar-refractivity contribution in [3.8, 4) is 11.6 Å². The lowest BCUT2D eigenvalue weighted by Gasteiger charge is -2.08. The van der Waals surface area contributed by atoms with Gasteiger partial charge in [0.2, 0.25) is 11.6 Å². The molecule has 1 aromatic carbocycles. The fraction of sp³-hybridized carbons (Fsp3) is 0.0833. The molecular weight excluding hydrogens is 270 g/mol. The number of nitrogens with zero attached hydrogens (tertiary/aromatic N) is 2. The van der Waals surface area contributed by atoms with E-state index in [1.807, 2.05) is 0 Å². The molecule has 0 unspecified atom stereocenters. The number of aryl methyl sites for hydroxylation is 1. The van der Waals surface area contributed by atoms with Gasteiger partial charge in [0, 0.05) is 12.1 Å². The average molecular weight is 280 g/mol. The van der Waals surface area contributed by atoms with Gasteiger partial charge in [-0.1, -0.05) is 17.7 Å². The molecule has 6 nitrogen and oxygen atoms in total. The third kappa shape index (κ3) is 2.74. The first kappa shape index (κ1) is 13.1. The van der Waals surface area contributed by atoms with Gasteiger partial charge in [0.05, 0.1) is 21.3 Å². The van der Waals surface area contributed by atoms with Gasteiger partial charge in [-0.25, -0.2) is 4.98 Å². The lowest BCUT2D eigenvalue weighted by molar-refractivity contribution is -0.385. The van der Waals surface area contributed by atoms with Gasteiger partial charge in [0.25, 0.3) is 0 Å². The molecule has 0 aliphatic heterocycles. The number of benzene rings is 1. The first-order valence-electron chi connectivity index (χ1n) is 5.33. The Morgan fingerprint density at radius 3 is 2.74 bits per heavy atom. The van der Waals surface area contributed by atoms with Crippen LogP contribution in [0.2, 0.25) is 5.02 Å². The third-order valence-corrected chi connectivity index (χ3v) is 2.75. The van der Waals surface area contributed by atoms with Crippen LogP contribution in [0.4, 0.5) is 11.4 Å². The molecule has 2 aromatic rings. The zero-order chi connectivity index (χ0) is 14.0. The standard InChI is InChI=1S/C12H10ClN3O3/c1-7-9(14)5-6-11(15-7)19-12-8(13)3-2-4-10(12)16(17)18/h2-6H,14H2,1H3. The molecule has 0 aliphatic rings. The maximum Gasteiger partial charge on any atom is 0.313 e. The van der Waals surface area contributed by atoms with E-state index in [-0.39, 0.29) is 22.3 Å². The number of pyridine rings is 1. The van der Waals surface area contributed by atoms with E-state index in [0.717, 1.165) is 0 Å². The van der Waals surface area contributed by atoms with Crippen molar-refractivity contribution in [2.75, 3.05) is 5.73 Å². The van der Waals surface area contributed by atoms with Gasteiger partial charge in [-0.2, -0.15) is 0 Å². The van der Waals surface area contributed by atoms with E-state index in [1.54, 1.807) is 13.0 Å². The topological polar surface area (TPSA) is 91.3 Å². The van der Waals surface area contributed by atoms with Gasteiger partial charge in [-0.3, -0.25) is 10.1 Å². The Hall–Kier alpha value is -2.34. The highest BCUT2D eigenvalue weighted by Gasteiger charge is 2.19. The summed E-state index contributed by atoms with van der Waals surface area (Å²) in [5.41, 5.74) is 6.51. The molecule has 0 spiro atoms. The molecule has 0 bridgehead atoms. The van der Waals surface area contributed by atoms with Crippen LogP contribution in [0.3, 0.4) is 0 Å². The summed E-state index contributed by atoms with van der Waals surface area (Å²) in [7, 11) is 0. The number of para-hydroxylation sites is 1. The van der Waals surface area contributed by atoms with E-state index >= 15 is 0 Å². The number of nitrogens with two attached hydrogens (primary N) is 1. The molecule has 0 radical (unpaired) electrons. The number of nitro groups is 1. The normalized spacial score (nSPS) is 10.2. The highest BCUT2D eigenvalue weighted by atomic mass is 35.5. The monoisotopic (exact) mass is 279 g/mol. The summed E-state index contributed by atoms with van der Waals surface area (Å²) in [6.07, 6.45) is 0. The summed E-state index contributed by atoms with van der Waals surface area (Å²) in [6, 6.07) is 7.43. The number of nitro benzene ring substituents is 1. The van der Waals surface area contributed by atoms with Crippen molar-refractivity contribution in [1.82, 2.24) is 4.98 Å². The highest BCUT2D eigenvalue weighted by Crippen LogP contribution is 2.37. The SMILES string of the molecule is Cc1nc(Oc2c(Cl)cccc2[N+](=O)[O-])ccc1N. The summed E-state index contributed by atoms with van der Waals surface area (Å²) in [5.74, 6) is 0.161. The highest BCUT2D eigenvalue weighted by molar-refractivity contribution is 6.32. The molecule has 1 heterocycles. The number of rotatable bonds is 3. The summed E-state index contributed by atoms with van der Waals surface area (Å²) >= 11 is 5.91. The van der Waals surface area contributed by atoms with E-state index in [4.69, 9.17) is 22.1 Å². The lowest BCUT2D eigenvalue weighted by Crippen LogP contribution is -1.98. The molecule has 0 aliphatic carbocycles. The maximum atomic E-state index is 10.9. The maximum absolute atomic E-state index is 10.9. The molecule has 0 saturated carbocycles. The van der Waals surface area contributed by atoms with Crippen LogP contribution in [0.5, 0.6) is 11.6 Å². The molecule has 0 atom stereocenters. The van der Waals surface area contributed by atoms with Gasteiger partial charge >= 0.3 is 5.69 Å². The second-order valence-electron chi connectivity index (χ2n) is 3.77. The van der Waals surface area contributed by atoms with Crippen molar-refractivity contribution >= 4 is 23.0 Å². The Morgan fingerprint density at radius 1 is 1.37 bits per heavy atom. The number of nitrogen functional groups attached to an aromatic ring is 1. The van der Waals surface area contributed by atoms with Crippen LogP contribution >= 0.6 is 11.6 Å². The largest absolute Gasteiger partial charge is 0.430 e. The zero-order valence-electron chi connectivity index (χ0n) is 9.96. The Balaban J connectivity index is 2.42. The number of halogens is 1. The minimum absolute atomic E-state index is 0.0363. The molecule has 7 heteroatoms. The zero-order valence-corrected chi connectivity index (χ0v) is 10.7. The molecule has 1 aromatic heterocycles. The van der Waals surface area contributed by atoms with Crippen molar-refractivity contribution < 1.29 is 9.66 Å². The summed E-state index contributed by atoms with van der Waals surface area (Å²) < 4.78 is 5.40. The van der Waals surface area contributed by atoms with Crippen molar-refractivity contribution in [2.24, 2.45) is 0 Å². The van der Waals surface area contributed by atoms with Crippen LogP contribution in [0.15, 0.2) is 30.3 Å². The summed E-state index contributed by atoms with van der Waals surface area (Å²) in [5, 5.41) is 11.1. The Morgan fingerprint density at radius 2 is 2.11 bits per heavy atom.